The lowest BCUT2D eigenvalue weighted by Gasteiger charge is -2.33. The van der Waals surface area contributed by atoms with Gasteiger partial charge in [0.15, 0.2) is 0 Å². The summed E-state index contributed by atoms with van der Waals surface area (Å²) in [5.41, 5.74) is 2.76. The molecule has 202 valence electrons. The molecule has 0 saturated heterocycles. The van der Waals surface area contributed by atoms with Crippen LogP contribution in [0.3, 0.4) is 0 Å². The quantitative estimate of drug-likeness (QED) is 0.352. The lowest BCUT2D eigenvalue weighted by molar-refractivity contribution is -0.140. The van der Waals surface area contributed by atoms with E-state index in [1.807, 2.05) is 38.1 Å². The second-order valence-electron chi connectivity index (χ2n) is 8.95. The van der Waals surface area contributed by atoms with Crippen LogP contribution < -0.4 is 9.62 Å². The fourth-order valence-electron chi connectivity index (χ4n) is 4.13. The second kappa shape index (κ2) is 12.7. The maximum absolute atomic E-state index is 13.9. The monoisotopic (exact) mass is 575 g/mol. The highest BCUT2D eigenvalue weighted by atomic mass is 35.5. The molecular formula is C28H31Cl2N3O4S. The Kier molecular flexibility index (Phi) is 9.82. The van der Waals surface area contributed by atoms with E-state index in [0.29, 0.717) is 6.42 Å². The molecule has 0 aromatic heterocycles. The van der Waals surface area contributed by atoms with Gasteiger partial charge in [-0.05, 0) is 50.1 Å². The second-order valence-corrected chi connectivity index (χ2v) is 11.6. The van der Waals surface area contributed by atoms with Crippen molar-refractivity contribution in [3.63, 3.8) is 0 Å². The normalized spacial score (nSPS) is 12.1. The van der Waals surface area contributed by atoms with E-state index in [1.165, 1.54) is 36.2 Å². The number of carbonyl (C=O) groups excluding carboxylic acids is 2. The molecule has 0 aliphatic carbocycles. The van der Waals surface area contributed by atoms with Crippen molar-refractivity contribution in [2.45, 2.75) is 44.7 Å². The molecule has 0 heterocycles. The van der Waals surface area contributed by atoms with Gasteiger partial charge in [0, 0.05) is 13.6 Å². The number of nitrogens with zero attached hydrogens (tertiary/aromatic N) is 2. The zero-order valence-corrected chi connectivity index (χ0v) is 24.1. The lowest BCUT2D eigenvalue weighted by Crippen LogP contribution is -2.51. The molecule has 1 N–H and O–H groups in total. The SMILES string of the molecule is CCC(C(=O)NC)N(Cc1cccc(C)c1)C(=O)CN(c1cccc(Cl)c1Cl)S(=O)(=O)c1ccc(C)cc1. The summed E-state index contributed by atoms with van der Waals surface area (Å²) in [7, 11) is -2.73. The van der Waals surface area contributed by atoms with Gasteiger partial charge in [-0.15, -0.1) is 0 Å². The minimum absolute atomic E-state index is 0.00114. The number of sulfonamides is 1. The molecule has 0 aliphatic rings. The molecule has 1 atom stereocenters. The third kappa shape index (κ3) is 6.67. The molecule has 3 rings (SSSR count). The van der Waals surface area contributed by atoms with E-state index in [9.17, 15) is 18.0 Å². The molecule has 0 bridgehead atoms. The van der Waals surface area contributed by atoms with Gasteiger partial charge in [-0.25, -0.2) is 8.42 Å². The van der Waals surface area contributed by atoms with E-state index in [1.54, 1.807) is 25.1 Å². The first-order valence-electron chi connectivity index (χ1n) is 12.1. The molecule has 10 heteroatoms. The van der Waals surface area contributed by atoms with Gasteiger partial charge in [0.1, 0.15) is 12.6 Å². The number of aryl methyl sites for hydroxylation is 2. The summed E-state index contributed by atoms with van der Waals surface area (Å²) in [6.07, 6.45) is 0.333. The van der Waals surface area contributed by atoms with E-state index in [0.717, 1.165) is 21.0 Å². The van der Waals surface area contributed by atoms with Crippen molar-refractivity contribution < 1.29 is 18.0 Å². The van der Waals surface area contributed by atoms with Gasteiger partial charge in [-0.2, -0.15) is 0 Å². The number of anilines is 1. The Balaban J connectivity index is 2.11. The average molecular weight is 577 g/mol. The Bertz CT molecular complexity index is 1410. The number of hydrogen-bond acceptors (Lipinski definition) is 4. The summed E-state index contributed by atoms with van der Waals surface area (Å²) in [6.45, 7) is 5.11. The van der Waals surface area contributed by atoms with Gasteiger partial charge in [0.2, 0.25) is 11.8 Å². The maximum atomic E-state index is 13.9. The zero-order valence-electron chi connectivity index (χ0n) is 21.7. The summed E-state index contributed by atoms with van der Waals surface area (Å²) in [4.78, 5) is 28.1. The van der Waals surface area contributed by atoms with E-state index in [-0.39, 0.29) is 33.1 Å². The molecule has 0 spiro atoms. The number of nitrogens with one attached hydrogen (secondary N) is 1. The van der Waals surface area contributed by atoms with Crippen LogP contribution in [-0.4, -0.2) is 44.8 Å². The third-order valence-corrected chi connectivity index (χ3v) is 8.74. The van der Waals surface area contributed by atoms with Crippen LogP contribution in [0.4, 0.5) is 5.69 Å². The summed E-state index contributed by atoms with van der Waals surface area (Å²) in [6, 6.07) is 17.7. The van der Waals surface area contributed by atoms with Crippen LogP contribution in [0.25, 0.3) is 0 Å². The van der Waals surface area contributed by atoms with Crippen molar-refractivity contribution >= 4 is 50.7 Å². The van der Waals surface area contributed by atoms with Crippen molar-refractivity contribution in [3.8, 4) is 0 Å². The first kappa shape index (κ1) is 29.5. The highest BCUT2D eigenvalue weighted by molar-refractivity contribution is 7.92. The minimum Gasteiger partial charge on any atom is -0.357 e. The third-order valence-electron chi connectivity index (χ3n) is 6.16. The summed E-state index contributed by atoms with van der Waals surface area (Å²) < 4.78 is 28.7. The van der Waals surface area contributed by atoms with Crippen LogP contribution in [0, 0.1) is 13.8 Å². The van der Waals surface area contributed by atoms with Crippen molar-refractivity contribution in [1.29, 1.82) is 0 Å². The minimum atomic E-state index is -4.23. The molecule has 7 nitrogen and oxygen atoms in total. The van der Waals surface area contributed by atoms with E-state index >= 15 is 0 Å². The fraction of sp³-hybridized carbons (Fsp3) is 0.286. The average Bonchev–Trinajstić information content (AvgIpc) is 2.89. The van der Waals surface area contributed by atoms with Crippen molar-refractivity contribution in [3.05, 3.63) is 93.5 Å². The van der Waals surface area contributed by atoms with Crippen molar-refractivity contribution in [2.75, 3.05) is 17.9 Å². The van der Waals surface area contributed by atoms with Crippen LogP contribution in [0.2, 0.25) is 10.0 Å². The summed E-state index contributed by atoms with van der Waals surface area (Å²) >= 11 is 12.7. The molecule has 0 fully saturated rings. The number of amides is 2. The number of likely N-dealkylation sites (N-methyl/N-ethyl adjacent to an activating group) is 1. The molecule has 1 unspecified atom stereocenters. The molecule has 0 aliphatic heterocycles. The van der Waals surface area contributed by atoms with Gasteiger partial charge < -0.3 is 10.2 Å². The molecular weight excluding hydrogens is 545 g/mol. The lowest BCUT2D eigenvalue weighted by atomic mass is 10.1. The Labute approximate surface area is 234 Å². The Morgan fingerprint density at radius 2 is 1.61 bits per heavy atom. The molecule has 2 amide bonds. The summed E-state index contributed by atoms with van der Waals surface area (Å²) in [5.74, 6) is -0.907. The van der Waals surface area contributed by atoms with E-state index in [2.05, 4.69) is 5.32 Å². The molecule has 38 heavy (non-hydrogen) atoms. The van der Waals surface area contributed by atoms with Gasteiger partial charge in [0.05, 0.1) is 20.6 Å². The van der Waals surface area contributed by atoms with Gasteiger partial charge in [0.25, 0.3) is 10.0 Å². The Hall–Kier alpha value is -3.07. The van der Waals surface area contributed by atoms with Gasteiger partial charge >= 0.3 is 0 Å². The molecule has 3 aromatic rings. The molecule has 3 aromatic carbocycles. The van der Waals surface area contributed by atoms with Crippen LogP contribution in [0.1, 0.15) is 30.0 Å². The fourth-order valence-corrected chi connectivity index (χ4v) is 6.00. The van der Waals surface area contributed by atoms with E-state index in [4.69, 9.17) is 23.2 Å². The van der Waals surface area contributed by atoms with Crippen molar-refractivity contribution in [2.24, 2.45) is 0 Å². The Morgan fingerprint density at radius 3 is 2.21 bits per heavy atom. The number of benzene rings is 3. The highest BCUT2D eigenvalue weighted by Crippen LogP contribution is 2.35. The smallest absolute Gasteiger partial charge is 0.264 e. The topological polar surface area (TPSA) is 86.8 Å². The first-order valence-corrected chi connectivity index (χ1v) is 14.3. The molecule has 0 radical (unpaired) electrons. The van der Waals surface area contributed by atoms with Crippen LogP contribution in [0.15, 0.2) is 71.6 Å². The zero-order chi connectivity index (χ0) is 28.0. The van der Waals surface area contributed by atoms with E-state index < -0.39 is 28.5 Å². The number of carbonyl (C=O) groups is 2. The number of rotatable bonds is 10. The number of hydrogen-bond donors (Lipinski definition) is 1. The highest BCUT2D eigenvalue weighted by Gasteiger charge is 2.34. The summed E-state index contributed by atoms with van der Waals surface area (Å²) in [5, 5.41) is 2.76. The number of halogens is 2. The van der Waals surface area contributed by atoms with Gasteiger partial charge in [-0.3, -0.25) is 13.9 Å². The van der Waals surface area contributed by atoms with Crippen LogP contribution >= 0.6 is 23.2 Å². The molecule has 0 saturated carbocycles. The Morgan fingerprint density at radius 1 is 0.947 bits per heavy atom. The maximum Gasteiger partial charge on any atom is 0.264 e. The van der Waals surface area contributed by atoms with Crippen molar-refractivity contribution in [1.82, 2.24) is 10.2 Å². The van der Waals surface area contributed by atoms with Crippen LogP contribution in [-0.2, 0) is 26.2 Å². The predicted octanol–water partition coefficient (Wildman–Crippen LogP) is 5.36. The largest absolute Gasteiger partial charge is 0.357 e. The first-order chi connectivity index (χ1) is 18.0. The van der Waals surface area contributed by atoms with Gasteiger partial charge in [-0.1, -0.05) is 83.7 Å². The predicted molar refractivity (Wildman–Crippen MR) is 152 cm³/mol. The van der Waals surface area contributed by atoms with Crippen LogP contribution in [0.5, 0.6) is 0 Å². The standard InChI is InChI=1S/C28H31Cl2N3O4S/c1-5-24(28(35)31-4)32(17-21-9-6-8-20(3)16-21)26(34)18-33(25-11-7-10-23(29)27(25)30)38(36,37)22-14-12-19(2)13-15-22/h6-16,24H,5,17-18H2,1-4H3,(H,31,35).